The highest BCUT2D eigenvalue weighted by Crippen LogP contribution is 2.21. The topological polar surface area (TPSA) is 82.1 Å². The zero-order chi connectivity index (χ0) is 15.9. The highest BCUT2D eigenvalue weighted by Gasteiger charge is 2.10. The molecule has 0 spiro atoms. The predicted octanol–water partition coefficient (Wildman–Crippen LogP) is 1.74. The number of benzene rings is 1. The summed E-state index contributed by atoms with van der Waals surface area (Å²) in [5, 5.41) is 14.1. The predicted molar refractivity (Wildman–Crippen MR) is 83.7 cm³/mol. The van der Waals surface area contributed by atoms with Crippen LogP contribution in [0.1, 0.15) is 22.8 Å². The van der Waals surface area contributed by atoms with E-state index in [1.54, 1.807) is 0 Å². The summed E-state index contributed by atoms with van der Waals surface area (Å²) in [4.78, 5) is 27.0. The molecule has 1 heterocycles. The molecule has 1 aromatic heterocycles. The van der Waals surface area contributed by atoms with Gasteiger partial charge in [-0.05, 0) is 30.2 Å². The normalized spacial score (nSPS) is 10.2. The third-order valence-corrected chi connectivity index (χ3v) is 4.01. The summed E-state index contributed by atoms with van der Waals surface area (Å²) < 4.78 is 0. The van der Waals surface area contributed by atoms with Gasteiger partial charge in [0.25, 0.3) is 0 Å². The molecule has 2 rings (SSSR count). The van der Waals surface area contributed by atoms with Crippen LogP contribution in [-0.4, -0.2) is 22.6 Å². The van der Waals surface area contributed by atoms with Crippen molar-refractivity contribution in [2.75, 3.05) is 11.1 Å². The van der Waals surface area contributed by atoms with E-state index in [-0.39, 0.29) is 22.2 Å². The Kier molecular flexibility index (Phi) is 5.55. The van der Waals surface area contributed by atoms with Crippen molar-refractivity contribution in [3.05, 3.63) is 53.7 Å². The molecule has 0 aliphatic rings. The molecule has 5 nitrogen and oxygen atoms in total. The number of aromatic carboxylic acids is 1. The molecular formula is C16H15N2O3S-. The lowest BCUT2D eigenvalue weighted by Crippen LogP contribution is -2.23. The molecule has 0 fully saturated rings. The number of hydrogen-bond donors (Lipinski definition) is 1. The fourth-order valence-electron chi connectivity index (χ4n) is 1.93. The van der Waals surface area contributed by atoms with E-state index >= 15 is 0 Å². The average molecular weight is 315 g/mol. The minimum absolute atomic E-state index is 0.00532. The molecular weight excluding hydrogens is 300 g/mol. The van der Waals surface area contributed by atoms with Crippen molar-refractivity contribution in [2.24, 2.45) is 0 Å². The van der Waals surface area contributed by atoms with E-state index in [1.165, 1.54) is 18.3 Å². The Hall–Kier alpha value is -2.34. The molecule has 1 amide bonds. The number of anilines is 1. The molecule has 0 unspecified atom stereocenters. The summed E-state index contributed by atoms with van der Waals surface area (Å²) >= 11 is 1.07. The second-order valence-corrected chi connectivity index (χ2v) is 5.46. The number of thioether (sulfide) groups is 1. The highest BCUT2D eigenvalue weighted by atomic mass is 32.2. The van der Waals surface area contributed by atoms with Crippen LogP contribution in [0.15, 0.2) is 47.6 Å². The number of nitrogens with one attached hydrogen (secondary N) is 1. The average Bonchev–Trinajstić information content (AvgIpc) is 2.53. The van der Waals surface area contributed by atoms with Crippen LogP contribution in [0.2, 0.25) is 0 Å². The van der Waals surface area contributed by atoms with Gasteiger partial charge in [-0.1, -0.05) is 36.9 Å². The maximum absolute atomic E-state index is 12.0. The van der Waals surface area contributed by atoms with Crippen molar-refractivity contribution in [2.45, 2.75) is 18.4 Å². The van der Waals surface area contributed by atoms with Gasteiger partial charge in [0.15, 0.2) is 0 Å². The van der Waals surface area contributed by atoms with Gasteiger partial charge >= 0.3 is 0 Å². The van der Waals surface area contributed by atoms with Gasteiger partial charge in [0.05, 0.1) is 11.7 Å². The van der Waals surface area contributed by atoms with Crippen LogP contribution < -0.4 is 10.4 Å². The van der Waals surface area contributed by atoms with Crippen molar-refractivity contribution in [3.8, 4) is 0 Å². The van der Waals surface area contributed by atoms with Gasteiger partial charge in [0.1, 0.15) is 5.03 Å². The standard InChI is InChI=1S/C16H16N2O3S/c1-2-11-6-3-4-8-13(11)18-14(19)10-22-15-12(16(20)21)7-5-9-17-15/h3-9H,2,10H2,1H3,(H,18,19)(H,20,21)/p-1. The second-order valence-electron chi connectivity index (χ2n) is 4.49. The van der Waals surface area contributed by atoms with Crippen LogP contribution in [-0.2, 0) is 11.2 Å². The third kappa shape index (κ3) is 4.08. The number of amides is 1. The van der Waals surface area contributed by atoms with Crippen LogP contribution >= 0.6 is 11.8 Å². The molecule has 2 aromatic rings. The monoisotopic (exact) mass is 315 g/mol. The van der Waals surface area contributed by atoms with E-state index in [0.29, 0.717) is 0 Å². The molecule has 0 saturated heterocycles. The number of aryl methyl sites for hydroxylation is 1. The fraction of sp³-hybridized carbons (Fsp3) is 0.188. The van der Waals surface area contributed by atoms with Gasteiger partial charge in [-0.3, -0.25) is 4.79 Å². The van der Waals surface area contributed by atoms with E-state index in [4.69, 9.17) is 0 Å². The zero-order valence-electron chi connectivity index (χ0n) is 12.0. The van der Waals surface area contributed by atoms with Crippen molar-refractivity contribution in [1.29, 1.82) is 0 Å². The van der Waals surface area contributed by atoms with E-state index < -0.39 is 5.97 Å². The van der Waals surface area contributed by atoms with Gasteiger partial charge in [0, 0.05) is 17.4 Å². The molecule has 6 heteroatoms. The minimum atomic E-state index is -1.30. The number of carbonyl (C=O) groups excluding carboxylic acids is 2. The molecule has 22 heavy (non-hydrogen) atoms. The van der Waals surface area contributed by atoms with Crippen LogP contribution in [0.25, 0.3) is 0 Å². The van der Waals surface area contributed by atoms with Gasteiger partial charge in [-0.15, -0.1) is 0 Å². The first-order chi connectivity index (χ1) is 10.6. The number of para-hydroxylation sites is 1. The largest absolute Gasteiger partial charge is 0.545 e. The number of nitrogens with zero attached hydrogens (tertiary/aromatic N) is 1. The molecule has 1 aromatic carbocycles. The summed E-state index contributed by atoms with van der Waals surface area (Å²) in [5.74, 6) is -1.43. The zero-order valence-corrected chi connectivity index (χ0v) is 12.9. The first-order valence-corrected chi connectivity index (χ1v) is 7.77. The van der Waals surface area contributed by atoms with Crippen LogP contribution in [0.5, 0.6) is 0 Å². The number of carboxylic acids is 1. The number of carbonyl (C=O) groups is 2. The smallest absolute Gasteiger partial charge is 0.234 e. The Bertz CT molecular complexity index is 689. The van der Waals surface area contributed by atoms with E-state index in [1.807, 2.05) is 31.2 Å². The molecule has 0 bridgehead atoms. The number of hydrogen-bond acceptors (Lipinski definition) is 5. The lowest BCUT2D eigenvalue weighted by Gasteiger charge is -2.11. The summed E-state index contributed by atoms with van der Waals surface area (Å²) in [6.45, 7) is 2.01. The third-order valence-electron chi connectivity index (χ3n) is 3.00. The first kappa shape index (κ1) is 16.0. The SMILES string of the molecule is CCc1ccccc1NC(=O)CSc1ncccc1C(=O)[O-]. The second kappa shape index (κ2) is 7.61. The van der Waals surface area contributed by atoms with Crippen LogP contribution in [0.4, 0.5) is 5.69 Å². The quantitative estimate of drug-likeness (QED) is 0.821. The Morgan fingerprint density at radius 2 is 2.00 bits per heavy atom. The lowest BCUT2D eigenvalue weighted by atomic mass is 10.1. The lowest BCUT2D eigenvalue weighted by molar-refractivity contribution is -0.255. The summed E-state index contributed by atoms with van der Waals surface area (Å²) in [7, 11) is 0. The Balaban J connectivity index is 2.00. The highest BCUT2D eigenvalue weighted by molar-refractivity contribution is 8.00. The van der Waals surface area contributed by atoms with Gasteiger partial charge in [0.2, 0.25) is 5.91 Å². The van der Waals surface area contributed by atoms with E-state index in [9.17, 15) is 14.7 Å². The van der Waals surface area contributed by atoms with E-state index in [0.717, 1.165) is 29.4 Å². The summed E-state index contributed by atoms with van der Waals surface area (Å²) in [6, 6.07) is 10.5. The molecule has 0 aliphatic heterocycles. The number of rotatable bonds is 6. The number of carboxylic acid groups (broad SMARTS) is 1. The Labute approximate surface area is 132 Å². The maximum atomic E-state index is 12.0. The first-order valence-electron chi connectivity index (χ1n) is 6.78. The minimum Gasteiger partial charge on any atom is -0.545 e. The van der Waals surface area contributed by atoms with Gasteiger partial charge in [-0.25, -0.2) is 4.98 Å². The maximum Gasteiger partial charge on any atom is 0.234 e. The van der Waals surface area contributed by atoms with Crippen molar-refractivity contribution >= 4 is 29.3 Å². The molecule has 0 radical (unpaired) electrons. The summed E-state index contributed by atoms with van der Waals surface area (Å²) in [5.41, 5.74) is 1.82. The molecule has 0 aliphatic carbocycles. The van der Waals surface area contributed by atoms with Crippen molar-refractivity contribution in [1.82, 2.24) is 4.98 Å². The van der Waals surface area contributed by atoms with Crippen LogP contribution in [0, 0.1) is 0 Å². The van der Waals surface area contributed by atoms with Gasteiger partial charge in [-0.2, -0.15) is 0 Å². The number of pyridine rings is 1. The molecule has 0 saturated carbocycles. The fourth-order valence-corrected chi connectivity index (χ4v) is 2.71. The Morgan fingerprint density at radius 1 is 1.23 bits per heavy atom. The molecule has 114 valence electrons. The van der Waals surface area contributed by atoms with Crippen molar-refractivity contribution < 1.29 is 14.7 Å². The Morgan fingerprint density at radius 3 is 2.73 bits per heavy atom. The van der Waals surface area contributed by atoms with E-state index in [2.05, 4.69) is 10.3 Å². The van der Waals surface area contributed by atoms with Crippen molar-refractivity contribution in [3.63, 3.8) is 0 Å². The van der Waals surface area contributed by atoms with Crippen LogP contribution in [0.3, 0.4) is 0 Å². The molecule has 0 atom stereocenters. The molecule has 1 N–H and O–H groups in total. The number of aromatic nitrogens is 1. The summed E-state index contributed by atoms with van der Waals surface area (Å²) in [6.07, 6.45) is 2.30. The van der Waals surface area contributed by atoms with Gasteiger partial charge < -0.3 is 15.2 Å².